The largest absolute Gasteiger partial charge is 0.486 e. The van der Waals surface area contributed by atoms with Gasteiger partial charge in [0.1, 0.15) is 19.3 Å². The summed E-state index contributed by atoms with van der Waals surface area (Å²) in [4.78, 5) is 13.1. The summed E-state index contributed by atoms with van der Waals surface area (Å²) in [5.41, 5.74) is 0.242. The van der Waals surface area contributed by atoms with E-state index in [0.29, 0.717) is 44.2 Å². The highest BCUT2D eigenvalue weighted by atomic mass is 32.2. The number of amides is 1. The van der Waals surface area contributed by atoms with E-state index < -0.39 is 46.1 Å². The third-order valence-corrected chi connectivity index (χ3v) is 10.2. The van der Waals surface area contributed by atoms with Gasteiger partial charge in [0.05, 0.1) is 42.2 Å². The predicted molar refractivity (Wildman–Crippen MR) is 162 cm³/mol. The summed E-state index contributed by atoms with van der Waals surface area (Å²) in [6.45, 7) is 4.87. The van der Waals surface area contributed by atoms with Gasteiger partial charge < -0.3 is 34.1 Å². The average molecular weight is 644 g/mol. The predicted octanol–water partition coefficient (Wildman–Crippen LogP) is 3.24. The summed E-state index contributed by atoms with van der Waals surface area (Å²) in [5.74, 6) is 0.717. The fraction of sp³-hybridized carbons (Fsp3) is 0.562. The van der Waals surface area contributed by atoms with Crippen LogP contribution in [0.4, 0.5) is 4.79 Å². The van der Waals surface area contributed by atoms with Crippen LogP contribution >= 0.6 is 0 Å². The summed E-state index contributed by atoms with van der Waals surface area (Å²) < 4.78 is 57.6. The van der Waals surface area contributed by atoms with Gasteiger partial charge in [-0.2, -0.15) is 9.57 Å². The van der Waals surface area contributed by atoms with Crippen LogP contribution in [0.5, 0.6) is 11.5 Å². The van der Waals surface area contributed by atoms with Crippen LogP contribution < -0.4 is 14.8 Å². The lowest BCUT2D eigenvalue weighted by Crippen LogP contribution is -2.52. The minimum absolute atomic E-state index is 0.0171. The van der Waals surface area contributed by atoms with Crippen molar-refractivity contribution >= 4 is 16.1 Å². The van der Waals surface area contributed by atoms with Gasteiger partial charge >= 0.3 is 6.09 Å². The zero-order valence-electron chi connectivity index (χ0n) is 25.6. The van der Waals surface area contributed by atoms with Crippen molar-refractivity contribution in [3.05, 3.63) is 54.1 Å². The number of hydrogen-bond acceptors (Lipinski definition) is 10. The molecular formula is C32H41N3O9S. The number of nitrogens with zero attached hydrogens (tertiary/aromatic N) is 2. The van der Waals surface area contributed by atoms with Crippen molar-refractivity contribution in [2.75, 3.05) is 39.5 Å². The Morgan fingerprint density at radius 1 is 1.13 bits per heavy atom. The Morgan fingerprint density at radius 2 is 1.89 bits per heavy atom. The van der Waals surface area contributed by atoms with E-state index in [1.807, 2.05) is 44.2 Å². The number of carbonyl (C=O) groups is 1. The number of ether oxygens (including phenoxy) is 5. The molecule has 0 bridgehead atoms. The maximum absolute atomic E-state index is 14.2. The lowest BCUT2D eigenvalue weighted by molar-refractivity contribution is -0.0907. The standard InChI is InChI=1S/C32H41N3O9S/c1-32(2,12-6-13-33)21-35(45(38,39)23-9-10-27-28(18-23)41-16-15-40-27)19-26(36)25(17-22-7-4-3-5-8-22)34-31(37)44-29-20-43-30-24(29)11-14-42-30/h3-5,7-10,18,24-26,29-30,36H,6,11-12,14-17,19-21H2,1-2H3,(H,34,37)/t24-,25-,26-,29-,30+/m0/s1. The monoisotopic (exact) mass is 643 g/mol. The second-order valence-electron chi connectivity index (χ2n) is 12.4. The molecule has 0 unspecified atom stereocenters. The molecule has 3 heterocycles. The SMILES string of the molecule is CC(C)(CCC#N)CN(C[C@H](O)[C@H](Cc1ccccc1)NC(=O)O[C@H]1CO[C@H]2OCC[C@H]21)S(=O)(=O)c1ccc2c(c1)OCCO2. The number of carbonyl (C=O) groups excluding carboxylic acids is 1. The van der Waals surface area contributed by atoms with Crippen LogP contribution in [0.15, 0.2) is 53.4 Å². The van der Waals surface area contributed by atoms with E-state index >= 15 is 0 Å². The van der Waals surface area contributed by atoms with Gasteiger partial charge in [0.2, 0.25) is 10.0 Å². The molecule has 0 aliphatic carbocycles. The first-order valence-corrected chi connectivity index (χ1v) is 16.7. The first-order valence-electron chi connectivity index (χ1n) is 15.2. The first kappa shape index (κ1) is 33.0. The maximum atomic E-state index is 14.2. The quantitative estimate of drug-likeness (QED) is 0.332. The third-order valence-electron chi connectivity index (χ3n) is 8.37. The maximum Gasteiger partial charge on any atom is 0.407 e. The van der Waals surface area contributed by atoms with Crippen molar-refractivity contribution in [1.29, 1.82) is 5.26 Å². The molecule has 13 heteroatoms. The van der Waals surface area contributed by atoms with Crippen molar-refractivity contribution in [2.45, 2.75) is 69.0 Å². The summed E-state index contributed by atoms with van der Waals surface area (Å²) in [5, 5.41) is 23.6. The third kappa shape index (κ3) is 8.25. The molecule has 12 nitrogen and oxygen atoms in total. The number of sulfonamides is 1. The van der Waals surface area contributed by atoms with E-state index in [1.165, 1.54) is 16.4 Å². The normalized spacial score (nSPS) is 22.3. The molecule has 2 saturated heterocycles. The lowest BCUT2D eigenvalue weighted by Gasteiger charge is -2.35. The van der Waals surface area contributed by atoms with Crippen molar-refractivity contribution in [1.82, 2.24) is 9.62 Å². The summed E-state index contributed by atoms with van der Waals surface area (Å²) in [6.07, 6.45) is -1.30. The van der Waals surface area contributed by atoms with E-state index in [4.69, 9.17) is 23.7 Å². The van der Waals surface area contributed by atoms with Crippen LogP contribution in [0, 0.1) is 22.7 Å². The Kier molecular flexibility index (Phi) is 10.5. The second kappa shape index (κ2) is 14.3. The van der Waals surface area contributed by atoms with Crippen LogP contribution in [-0.2, 0) is 30.7 Å². The smallest absolute Gasteiger partial charge is 0.407 e. The zero-order chi connectivity index (χ0) is 32.0. The highest BCUT2D eigenvalue weighted by Gasteiger charge is 2.44. The Balaban J connectivity index is 1.38. The minimum atomic E-state index is -4.17. The number of fused-ring (bicyclic) bond motifs is 2. The topological polar surface area (TPSA) is 157 Å². The Morgan fingerprint density at radius 3 is 2.64 bits per heavy atom. The van der Waals surface area contributed by atoms with Crippen molar-refractivity contribution < 1.29 is 42.0 Å². The molecule has 1 amide bonds. The van der Waals surface area contributed by atoms with E-state index in [1.54, 1.807) is 6.07 Å². The van der Waals surface area contributed by atoms with Gasteiger partial charge in [0, 0.05) is 25.6 Å². The van der Waals surface area contributed by atoms with Gasteiger partial charge in [-0.25, -0.2) is 13.2 Å². The lowest BCUT2D eigenvalue weighted by atomic mass is 9.88. The number of nitriles is 1. The number of alkyl carbamates (subject to hydrolysis) is 1. The van der Waals surface area contributed by atoms with Gasteiger partial charge in [0.25, 0.3) is 0 Å². The zero-order valence-corrected chi connectivity index (χ0v) is 26.4. The first-order chi connectivity index (χ1) is 21.6. The fourth-order valence-corrected chi connectivity index (χ4v) is 7.55. The number of aliphatic hydroxyl groups excluding tert-OH is 1. The molecule has 0 spiro atoms. The van der Waals surface area contributed by atoms with E-state index in [2.05, 4.69) is 11.4 Å². The fourth-order valence-electron chi connectivity index (χ4n) is 5.89. The number of nitrogens with one attached hydrogen (secondary N) is 1. The highest BCUT2D eigenvalue weighted by Crippen LogP contribution is 2.35. The van der Waals surface area contributed by atoms with E-state index in [-0.39, 0.29) is 43.4 Å². The van der Waals surface area contributed by atoms with Crippen LogP contribution in [0.3, 0.4) is 0 Å². The van der Waals surface area contributed by atoms with Crippen LogP contribution in [0.25, 0.3) is 0 Å². The molecule has 5 rings (SSSR count). The molecule has 5 atom stereocenters. The number of rotatable bonds is 13. The van der Waals surface area contributed by atoms with Gasteiger partial charge in [-0.15, -0.1) is 0 Å². The highest BCUT2D eigenvalue weighted by molar-refractivity contribution is 7.89. The summed E-state index contributed by atoms with van der Waals surface area (Å²) in [6, 6.07) is 15.0. The van der Waals surface area contributed by atoms with Crippen LogP contribution in [-0.4, -0.2) is 88.0 Å². The molecule has 3 aliphatic heterocycles. The molecular weight excluding hydrogens is 602 g/mol. The molecule has 2 aromatic rings. The molecule has 0 saturated carbocycles. The summed E-state index contributed by atoms with van der Waals surface area (Å²) in [7, 11) is -4.17. The van der Waals surface area contributed by atoms with E-state index in [0.717, 1.165) is 5.56 Å². The number of hydrogen-bond donors (Lipinski definition) is 2. The van der Waals surface area contributed by atoms with E-state index in [9.17, 15) is 23.6 Å². The second-order valence-corrected chi connectivity index (χ2v) is 14.3. The van der Waals surface area contributed by atoms with Crippen molar-refractivity contribution in [3.63, 3.8) is 0 Å². The summed E-state index contributed by atoms with van der Waals surface area (Å²) >= 11 is 0. The van der Waals surface area contributed by atoms with Gasteiger partial charge in [-0.3, -0.25) is 0 Å². The molecule has 2 aromatic carbocycles. The molecule has 3 aliphatic rings. The van der Waals surface area contributed by atoms with Gasteiger partial charge in [-0.1, -0.05) is 44.2 Å². The number of aliphatic hydroxyl groups is 1. The molecule has 0 aromatic heterocycles. The van der Waals surface area contributed by atoms with Crippen LogP contribution in [0.2, 0.25) is 0 Å². The van der Waals surface area contributed by atoms with Crippen molar-refractivity contribution in [2.24, 2.45) is 11.3 Å². The molecule has 0 radical (unpaired) electrons. The van der Waals surface area contributed by atoms with Gasteiger partial charge in [-0.05, 0) is 42.4 Å². The molecule has 2 fully saturated rings. The van der Waals surface area contributed by atoms with Crippen molar-refractivity contribution in [3.8, 4) is 17.6 Å². The van der Waals surface area contributed by atoms with Crippen LogP contribution in [0.1, 0.15) is 38.7 Å². The molecule has 244 valence electrons. The average Bonchev–Trinajstić information content (AvgIpc) is 3.65. The number of benzene rings is 2. The Hall–Kier alpha value is -3.41. The minimum Gasteiger partial charge on any atom is -0.486 e. The Bertz CT molecular complexity index is 1460. The Labute approximate surface area is 264 Å². The molecule has 2 N–H and O–H groups in total. The van der Waals surface area contributed by atoms with Gasteiger partial charge in [0.15, 0.2) is 17.8 Å². The molecule has 45 heavy (non-hydrogen) atoms.